The second-order valence-electron chi connectivity index (χ2n) is 2.52. The molecule has 0 aliphatic heterocycles. The largest absolute Gasteiger partial charge is 0.346 e. The third kappa shape index (κ3) is 3.91. The lowest BCUT2D eigenvalue weighted by molar-refractivity contribution is -0.134. The Kier molecular flexibility index (Phi) is 3.90. The second kappa shape index (κ2) is 4.25. The van der Waals surface area contributed by atoms with Crippen molar-refractivity contribution in [2.24, 2.45) is 0 Å². The number of carbonyl (C=O) groups is 1. The Bertz CT molecular complexity index is 215. The van der Waals surface area contributed by atoms with Gasteiger partial charge in [0.1, 0.15) is 0 Å². The van der Waals surface area contributed by atoms with E-state index in [1.807, 2.05) is 0 Å². The molecular weight excluding hydrogens is 190 g/mol. The molecule has 0 spiro atoms. The van der Waals surface area contributed by atoms with Crippen molar-refractivity contribution in [2.75, 3.05) is 6.54 Å². The van der Waals surface area contributed by atoms with Gasteiger partial charge in [-0.25, -0.2) is 8.78 Å². The van der Waals surface area contributed by atoms with E-state index in [9.17, 15) is 22.4 Å². The van der Waals surface area contributed by atoms with Gasteiger partial charge in [-0.1, -0.05) is 6.58 Å². The maximum Gasteiger partial charge on any atom is 0.324 e. The summed E-state index contributed by atoms with van der Waals surface area (Å²) in [4.78, 5) is 10.6. The van der Waals surface area contributed by atoms with Gasteiger partial charge in [-0.2, -0.15) is 8.78 Å². The van der Waals surface area contributed by atoms with Crippen LogP contribution in [-0.2, 0) is 4.79 Å². The highest BCUT2D eigenvalue weighted by Gasteiger charge is 2.40. The Morgan fingerprint density at radius 3 is 2.31 bits per heavy atom. The molecule has 0 rings (SSSR count). The standard InChI is InChI=1S/C7H9F4NO/c1-4(2)5(13)12-3-7(10,11)6(8)9/h6H,1,3H2,2H3,(H,12,13). The number of nitrogens with one attached hydrogen (secondary N) is 1. The molecule has 76 valence electrons. The fourth-order valence-electron chi connectivity index (χ4n) is 0.426. The van der Waals surface area contributed by atoms with Gasteiger partial charge in [0.2, 0.25) is 5.91 Å². The number of alkyl halides is 4. The first-order valence-corrected chi connectivity index (χ1v) is 3.37. The molecular formula is C7H9F4NO. The molecule has 0 radical (unpaired) electrons. The van der Waals surface area contributed by atoms with Gasteiger partial charge in [-0.15, -0.1) is 0 Å². The zero-order valence-electron chi connectivity index (χ0n) is 6.91. The van der Waals surface area contributed by atoms with Crippen LogP contribution in [0.3, 0.4) is 0 Å². The first-order valence-electron chi connectivity index (χ1n) is 3.37. The SMILES string of the molecule is C=C(C)C(=O)NCC(F)(F)C(F)F. The fraction of sp³-hybridized carbons (Fsp3) is 0.571. The van der Waals surface area contributed by atoms with Gasteiger partial charge >= 0.3 is 12.3 Å². The van der Waals surface area contributed by atoms with E-state index in [-0.39, 0.29) is 5.57 Å². The van der Waals surface area contributed by atoms with Gasteiger partial charge in [0.05, 0.1) is 6.54 Å². The molecule has 13 heavy (non-hydrogen) atoms. The molecule has 0 bridgehead atoms. The van der Waals surface area contributed by atoms with Crippen LogP contribution in [0.15, 0.2) is 12.2 Å². The second-order valence-corrected chi connectivity index (χ2v) is 2.52. The van der Waals surface area contributed by atoms with Crippen molar-refractivity contribution >= 4 is 5.91 Å². The quantitative estimate of drug-likeness (QED) is 0.540. The summed E-state index contributed by atoms with van der Waals surface area (Å²) in [7, 11) is 0. The highest BCUT2D eigenvalue weighted by Crippen LogP contribution is 2.21. The first-order chi connectivity index (χ1) is 5.77. The minimum absolute atomic E-state index is 0.00920. The van der Waals surface area contributed by atoms with E-state index in [0.29, 0.717) is 0 Å². The fourth-order valence-corrected chi connectivity index (χ4v) is 0.426. The molecule has 0 saturated carbocycles. The number of hydrogen-bond donors (Lipinski definition) is 1. The Labute approximate surface area is 72.6 Å². The average molecular weight is 199 g/mol. The summed E-state index contributed by atoms with van der Waals surface area (Å²) in [6, 6.07) is 0. The van der Waals surface area contributed by atoms with Crippen molar-refractivity contribution in [1.29, 1.82) is 0 Å². The number of hydrogen-bond acceptors (Lipinski definition) is 1. The van der Waals surface area contributed by atoms with Crippen LogP contribution in [0.2, 0.25) is 0 Å². The van der Waals surface area contributed by atoms with Crippen molar-refractivity contribution < 1.29 is 22.4 Å². The molecule has 0 aromatic rings. The number of carbonyl (C=O) groups excluding carboxylic acids is 1. The third-order valence-electron chi connectivity index (χ3n) is 1.19. The predicted octanol–water partition coefficient (Wildman–Crippen LogP) is 1.58. The van der Waals surface area contributed by atoms with E-state index >= 15 is 0 Å². The van der Waals surface area contributed by atoms with E-state index in [1.54, 1.807) is 5.32 Å². The lowest BCUT2D eigenvalue weighted by Gasteiger charge is -2.15. The van der Waals surface area contributed by atoms with E-state index in [4.69, 9.17) is 0 Å². The predicted molar refractivity (Wildman–Crippen MR) is 38.8 cm³/mol. The molecule has 2 nitrogen and oxygen atoms in total. The van der Waals surface area contributed by atoms with Crippen molar-refractivity contribution in [3.05, 3.63) is 12.2 Å². The lowest BCUT2D eigenvalue weighted by Crippen LogP contribution is -2.41. The van der Waals surface area contributed by atoms with Gasteiger partial charge < -0.3 is 5.32 Å². The van der Waals surface area contributed by atoms with Crippen LogP contribution in [0, 0.1) is 0 Å². The van der Waals surface area contributed by atoms with Gasteiger partial charge in [0, 0.05) is 5.57 Å². The van der Waals surface area contributed by atoms with Crippen LogP contribution in [0.25, 0.3) is 0 Å². The first kappa shape index (κ1) is 11.9. The van der Waals surface area contributed by atoms with E-state index < -0.39 is 24.8 Å². The normalized spacial score (nSPS) is 11.5. The summed E-state index contributed by atoms with van der Waals surface area (Å²) in [6.07, 6.45) is -3.78. The summed E-state index contributed by atoms with van der Waals surface area (Å²) >= 11 is 0. The third-order valence-corrected chi connectivity index (χ3v) is 1.19. The zero-order chi connectivity index (χ0) is 10.6. The molecule has 0 atom stereocenters. The Morgan fingerprint density at radius 1 is 1.54 bits per heavy atom. The molecule has 0 aliphatic carbocycles. The molecule has 6 heteroatoms. The minimum atomic E-state index is -4.19. The lowest BCUT2D eigenvalue weighted by atomic mass is 10.3. The van der Waals surface area contributed by atoms with Crippen molar-refractivity contribution in [3.63, 3.8) is 0 Å². The molecule has 0 unspecified atom stereocenters. The minimum Gasteiger partial charge on any atom is -0.346 e. The van der Waals surface area contributed by atoms with E-state index in [0.717, 1.165) is 0 Å². The van der Waals surface area contributed by atoms with Crippen molar-refractivity contribution in [1.82, 2.24) is 5.32 Å². The smallest absolute Gasteiger partial charge is 0.324 e. The summed E-state index contributed by atoms with van der Waals surface area (Å²) in [5.74, 6) is -5.05. The Hall–Kier alpha value is -1.07. The van der Waals surface area contributed by atoms with Crippen LogP contribution in [0.4, 0.5) is 17.6 Å². The van der Waals surface area contributed by atoms with Crippen molar-refractivity contribution in [2.45, 2.75) is 19.3 Å². The Morgan fingerprint density at radius 2 is 2.00 bits per heavy atom. The topological polar surface area (TPSA) is 29.1 Å². The van der Waals surface area contributed by atoms with Gasteiger partial charge in [-0.3, -0.25) is 4.79 Å². The maximum atomic E-state index is 12.2. The summed E-state index contributed by atoms with van der Waals surface area (Å²) in [6.45, 7) is 3.07. The van der Waals surface area contributed by atoms with Crippen LogP contribution in [0.1, 0.15) is 6.92 Å². The molecule has 0 saturated heterocycles. The van der Waals surface area contributed by atoms with Crippen LogP contribution >= 0.6 is 0 Å². The zero-order valence-corrected chi connectivity index (χ0v) is 6.91. The van der Waals surface area contributed by atoms with E-state index in [2.05, 4.69) is 6.58 Å². The van der Waals surface area contributed by atoms with Gasteiger partial charge in [0.15, 0.2) is 0 Å². The van der Waals surface area contributed by atoms with Crippen molar-refractivity contribution in [3.8, 4) is 0 Å². The molecule has 0 aromatic heterocycles. The number of halogens is 4. The summed E-state index contributed by atoms with van der Waals surface area (Å²) < 4.78 is 47.4. The van der Waals surface area contributed by atoms with Gasteiger partial charge in [0.25, 0.3) is 0 Å². The Balaban J connectivity index is 4.02. The van der Waals surface area contributed by atoms with Crippen LogP contribution < -0.4 is 5.32 Å². The van der Waals surface area contributed by atoms with Crippen LogP contribution in [-0.4, -0.2) is 24.8 Å². The molecule has 0 aliphatic rings. The molecule has 0 fully saturated rings. The number of rotatable bonds is 4. The number of amides is 1. The molecule has 0 aromatic carbocycles. The molecule has 1 N–H and O–H groups in total. The molecule has 0 heterocycles. The summed E-state index contributed by atoms with van der Waals surface area (Å²) in [5, 5.41) is 1.64. The highest BCUT2D eigenvalue weighted by atomic mass is 19.3. The molecule has 1 amide bonds. The maximum absolute atomic E-state index is 12.2. The van der Waals surface area contributed by atoms with Crippen LogP contribution in [0.5, 0.6) is 0 Å². The van der Waals surface area contributed by atoms with E-state index in [1.165, 1.54) is 6.92 Å². The van der Waals surface area contributed by atoms with Gasteiger partial charge in [-0.05, 0) is 6.92 Å². The monoisotopic (exact) mass is 199 g/mol. The summed E-state index contributed by atoms with van der Waals surface area (Å²) in [5.41, 5.74) is -0.00920. The highest BCUT2D eigenvalue weighted by molar-refractivity contribution is 5.92. The average Bonchev–Trinajstić information content (AvgIpc) is 1.99.